The highest BCUT2D eigenvalue weighted by atomic mass is 19.4. The topological polar surface area (TPSA) is 52.6 Å². The molecule has 4 nitrogen and oxygen atoms in total. The van der Waals surface area contributed by atoms with Crippen LogP contribution in [-0.2, 0) is 4.79 Å². The maximum atomic E-state index is 11.7. The summed E-state index contributed by atoms with van der Waals surface area (Å²) in [4.78, 5) is 12.6. The van der Waals surface area contributed by atoms with E-state index in [-0.39, 0.29) is 13.1 Å². The fourth-order valence-corrected chi connectivity index (χ4v) is 1.39. The van der Waals surface area contributed by atoms with E-state index in [9.17, 15) is 18.0 Å². The van der Waals surface area contributed by atoms with Gasteiger partial charge in [0.1, 0.15) is 0 Å². The normalized spacial score (nSPS) is 22.1. The molecule has 1 aliphatic heterocycles. The summed E-state index contributed by atoms with van der Waals surface area (Å²) in [5.74, 6) is -0.407. The minimum absolute atomic E-state index is 0.215. The van der Waals surface area contributed by atoms with E-state index in [0.29, 0.717) is 13.0 Å². The Hall–Kier alpha value is -0.820. The molecule has 0 aromatic carbocycles. The maximum Gasteiger partial charge on any atom is 0.401 e. The van der Waals surface area contributed by atoms with Gasteiger partial charge in [0, 0.05) is 13.1 Å². The second-order valence-corrected chi connectivity index (χ2v) is 3.50. The third kappa shape index (κ3) is 4.48. The van der Waals surface area contributed by atoms with Crippen LogP contribution in [0.2, 0.25) is 0 Å². The van der Waals surface area contributed by atoms with E-state index in [1.54, 1.807) is 0 Å². The van der Waals surface area contributed by atoms with Crippen LogP contribution in [0.25, 0.3) is 0 Å². The summed E-state index contributed by atoms with van der Waals surface area (Å²) in [6.45, 7) is -0.887. The number of amides is 1. The predicted molar refractivity (Wildman–Crippen MR) is 46.1 cm³/mol. The number of alkyl halides is 3. The molecule has 0 aliphatic carbocycles. The monoisotopic (exact) mass is 226 g/mol. The van der Waals surface area contributed by atoms with Crippen molar-refractivity contribution in [3.63, 3.8) is 0 Å². The highest BCUT2D eigenvalue weighted by Crippen LogP contribution is 2.12. The summed E-state index contributed by atoms with van der Waals surface area (Å²) < 4.78 is 35.2. The summed E-state index contributed by atoms with van der Waals surface area (Å²) in [5, 5.41) is 11.1. The van der Waals surface area contributed by atoms with Crippen LogP contribution in [0.1, 0.15) is 6.42 Å². The van der Waals surface area contributed by atoms with Crippen molar-refractivity contribution in [2.75, 3.05) is 26.2 Å². The lowest BCUT2D eigenvalue weighted by atomic mass is 10.3. The minimum atomic E-state index is -4.30. The molecule has 7 heteroatoms. The molecule has 1 atom stereocenters. The van der Waals surface area contributed by atoms with Crippen LogP contribution in [-0.4, -0.2) is 54.4 Å². The molecule has 0 bridgehead atoms. The Kier molecular flexibility index (Phi) is 3.92. The summed E-state index contributed by atoms with van der Waals surface area (Å²) in [6, 6.07) is 0. The lowest BCUT2D eigenvalue weighted by Crippen LogP contribution is -2.40. The summed E-state index contributed by atoms with van der Waals surface area (Å²) in [6.07, 6.45) is -4.35. The van der Waals surface area contributed by atoms with E-state index in [1.807, 2.05) is 5.32 Å². The van der Waals surface area contributed by atoms with Gasteiger partial charge in [-0.3, -0.25) is 4.79 Å². The average molecular weight is 226 g/mol. The molecule has 0 unspecified atom stereocenters. The number of nitrogens with zero attached hydrogens (tertiary/aromatic N) is 1. The van der Waals surface area contributed by atoms with Crippen LogP contribution < -0.4 is 5.32 Å². The van der Waals surface area contributed by atoms with E-state index < -0.39 is 24.7 Å². The van der Waals surface area contributed by atoms with E-state index in [4.69, 9.17) is 5.11 Å². The number of nitrogens with one attached hydrogen (secondary N) is 1. The SMILES string of the molecule is O=C(CNCC(F)(F)F)N1CC[C@H](O)C1. The number of likely N-dealkylation sites (tertiary alicyclic amines) is 1. The Morgan fingerprint density at radius 3 is 2.67 bits per heavy atom. The zero-order valence-electron chi connectivity index (χ0n) is 8.05. The molecule has 0 aromatic rings. The Labute approximate surface area is 85.1 Å². The van der Waals surface area contributed by atoms with Crippen molar-refractivity contribution in [1.82, 2.24) is 10.2 Å². The van der Waals surface area contributed by atoms with Crippen molar-refractivity contribution < 1.29 is 23.1 Å². The molecule has 1 amide bonds. The van der Waals surface area contributed by atoms with Crippen molar-refractivity contribution in [2.24, 2.45) is 0 Å². The fourth-order valence-electron chi connectivity index (χ4n) is 1.39. The van der Waals surface area contributed by atoms with Gasteiger partial charge in [-0.1, -0.05) is 0 Å². The van der Waals surface area contributed by atoms with Crippen molar-refractivity contribution in [3.8, 4) is 0 Å². The molecule has 88 valence electrons. The number of β-amino-alcohol motifs (C(OH)–C–C–N with tert-alkyl or cyclic N) is 1. The number of carbonyl (C=O) groups excluding carboxylic acids is 1. The molecule has 1 aliphatic rings. The number of aliphatic hydroxyl groups is 1. The number of hydrogen-bond acceptors (Lipinski definition) is 3. The van der Waals surface area contributed by atoms with E-state index >= 15 is 0 Å². The van der Waals surface area contributed by atoms with Gasteiger partial charge in [-0.25, -0.2) is 0 Å². The van der Waals surface area contributed by atoms with Gasteiger partial charge >= 0.3 is 6.18 Å². The van der Waals surface area contributed by atoms with Crippen LogP contribution in [0, 0.1) is 0 Å². The first-order valence-electron chi connectivity index (χ1n) is 4.62. The number of rotatable bonds is 3. The first-order valence-corrected chi connectivity index (χ1v) is 4.62. The molecular formula is C8H13F3N2O2. The van der Waals surface area contributed by atoms with E-state index in [1.165, 1.54) is 4.90 Å². The molecule has 1 fully saturated rings. The Morgan fingerprint density at radius 2 is 2.20 bits per heavy atom. The number of aliphatic hydroxyl groups excluding tert-OH is 1. The van der Waals surface area contributed by atoms with E-state index in [2.05, 4.69) is 0 Å². The zero-order chi connectivity index (χ0) is 11.5. The minimum Gasteiger partial charge on any atom is -0.391 e. The Balaban J connectivity index is 2.19. The smallest absolute Gasteiger partial charge is 0.391 e. The third-order valence-electron chi connectivity index (χ3n) is 2.12. The standard InChI is InChI=1S/C8H13F3N2O2/c9-8(10,11)5-12-3-7(15)13-2-1-6(14)4-13/h6,12,14H,1-5H2/t6-/m0/s1. The molecule has 0 aromatic heterocycles. The molecule has 0 saturated carbocycles. The number of hydrogen-bond donors (Lipinski definition) is 2. The molecule has 2 N–H and O–H groups in total. The third-order valence-corrected chi connectivity index (χ3v) is 2.12. The highest BCUT2D eigenvalue weighted by Gasteiger charge is 2.28. The molecular weight excluding hydrogens is 213 g/mol. The van der Waals surface area contributed by atoms with E-state index in [0.717, 1.165) is 0 Å². The second kappa shape index (κ2) is 4.80. The van der Waals surface area contributed by atoms with Crippen LogP contribution in [0.3, 0.4) is 0 Å². The van der Waals surface area contributed by atoms with Crippen LogP contribution in [0.15, 0.2) is 0 Å². The van der Waals surface area contributed by atoms with Gasteiger partial charge in [0.05, 0.1) is 19.2 Å². The number of halogens is 3. The van der Waals surface area contributed by atoms with Crippen LogP contribution in [0.4, 0.5) is 13.2 Å². The second-order valence-electron chi connectivity index (χ2n) is 3.50. The quantitative estimate of drug-likeness (QED) is 0.696. The predicted octanol–water partition coefficient (Wildman–Crippen LogP) is -0.268. The maximum absolute atomic E-state index is 11.7. The van der Waals surface area contributed by atoms with Gasteiger partial charge in [-0.2, -0.15) is 13.2 Å². The molecule has 15 heavy (non-hydrogen) atoms. The summed E-state index contributed by atoms with van der Waals surface area (Å²) in [5.41, 5.74) is 0. The van der Waals surface area contributed by atoms with Crippen molar-refractivity contribution in [3.05, 3.63) is 0 Å². The summed E-state index contributed by atoms with van der Waals surface area (Å²) >= 11 is 0. The molecule has 0 radical (unpaired) electrons. The Morgan fingerprint density at radius 1 is 1.53 bits per heavy atom. The first-order chi connectivity index (χ1) is 6.88. The Bertz CT molecular complexity index is 232. The van der Waals surface area contributed by atoms with Crippen LogP contribution in [0.5, 0.6) is 0 Å². The van der Waals surface area contributed by atoms with Gasteiger partial charge in [0.2, 0.25) is 5.91 Å². The highest BCUT2D eigenvalue weighted by molar-refractivity contribution is 5.78. The lowest BCUT2D eigenvalue weighted by molar-refractivity contribution is -0.133. The zero-order valence-corrected chi connectivity index (χ0v) is 8.05. The fraction of sp³-hybridized carbons (Fsp3) is 0.875. The molecule has 1 rings (SSSR count). The van der Waals surface area contributed by atoms with Gasteiger partial charge in [0.25, 0.3) is 0 Å². The average Bonchev–Trinajstić information content (AvgIpc) is 2.49. The number of carbonyl (C=O) groups is 1. The van der Waals surface area contributed by atoms with Gasteiger partial charge in [0.15, 0.2) is 0 Å². The van der Waals surface area contributed by atoms with Crippen molar-refractivity contribution in [2.45, 2.75) is 18.7 Å². The molecule has 1 saturated heterocycles. The summed E-state index contributed by atoms with van der Waals surface area (Å²) in [7, 11) is 0. The molecule has 1 heterocycles. The first kappa shape index (κ1) is 12.3. The van der Waals surface area contributed by atoms with Crippen molar-refractivity contribution >= 4 is 5.91 Å². The van der Waals surface area contributed by atoms with Gasteiger partial charge in [-0.15, -0.1) is 0 Å². The largest absolute Gasteiger partial charge is 0.401 e. The van der Waals surface area contributed by atoms with Gasteiger partial charge < -0.3 is 15.3 Å². The molecule has 0 spiro atoms. The van der Waals surface area contributed by atoms with Gasteiger partial charge in [-0.05, 0) is 6.42 Å². The lowest BCUT2D eigenvalue weighted by Gasteiger charge is -2.16. The van der Waals surface area contributed by atoms with Crippen LogP contribution >= 0.6 is 0 Å². The van der Waals surface area contributed by atoms with Crippen molar-refractivity contribution in [1.29, 1.82) is 0 Å².